The summed E-state index contributed by atoms with van der Waals surface area (Å²) in [5.74, 6) is 2.28. The Balaban J connectivity index is 3.44. The van der Waals surface area contributed by atoms with Crippen molar-refractivity contribution < 1.29 is 4.79 Å². The summed E-state index contributed by atoms with van der Waals surface area (Å²) in [7, 11) is 1.83. The summed E-state index contributed by atoms with van der Waals surface area (Å²) in [6.07, 6.45) is 1.18. The first-order valence-electron chi connectivity index (χ1n) is 3.97. The molecule has 2 nitrogen and oxygen atoms in total. The van der Waals surface area contributed by atoms with Crippen LogP contribution in [0.3, 0.4) is 0 Å². The van der Waals surface area contributed by atoms with Gasteiger partial charge in [-0.05, 0) is 26.1 Å². The number of hydrogen-bond acceptors (Lipinski definition) is 3. The minimum Gasteiger partial charge on any atom is -0.310 e. The molecule has 0 aliphatic carbocycles. The van der Waals surface area contributed by atoms with Gasteiger partial charge in [-0.3, -0.25) is 4.79 Å². The number of Topliss-reactive ketones (excluding diaryl/α,β-unsaturated/α-hetero) is 1. The Bertz CT molecular complexity index is 117. The number of rotatable bonds is 6. The van der Waals surface area contributed by atoms with E-state index in [9.17, 15) is 4.79 Å². The minimum absolute atomic E-state index is 0.0477. The molecule has 1 N–H and O–H groups in total. The number of hydrogen-bond donors (Lipinski definition) is 1. The molecule has 3 heteroatoms. The summed E-state index contributed by atoms with van der Waals surface area (Å²) >= 11 is 1.83. The van der Waals surface area contributed by atoms with E-state index in [1.807, 2.05) is 18.8 Å². The Morgan fingerprint density at radius 1 is 1.64 bits per heavy atom. The van der Waals surface area contributed by atoms with Gasteiger partial charge in [0.05, 0.1) is 6.04 Å². The van der Waals surface area contributed by atoms with Crippen molar-refractivity contribution in [2.45, 2.75) is 26.3 Å². The van der Waals surface area contributed by atoms with Crippen molar-refractivity contribution >= 4 is 17.5 Å². The fourth-order valence-corrected chi connectivity index (χ4v) is 1.84. The molecule has 11 heavy (non-hydrogen) atoms. The van der Waals surface area contributed by atoms with Crippen LogP contribution in [0.5, 0.6) is 0 Å². The van der Waals surface area contributed by atoms with E-state index < -0.39 is 0 Å². The second-order valence-electron chi connectivity index (χ2n) is 2.53. The fraction of sp³-hybridized carbons (Fsp3) is 0.875. The predicted octanol–water partition coefficient (Wildman–Crippen LogP) is 1.31. The summed E-state index contributed by atoms with van der Waals surface area (Å²) in [5, 5.41) is 2.99. The maximum Gasteiger partial charge on any atom is 0.147 e. The monoisotopic (exact) mass is 175 g/mol. The van der Waals surface area contributed by atoms with Crippen molar-refractivity contribution in [3.8, 4) is 0 Å². The predicted molar refractivity (Wildman–Crippen MR) is 51.1 cm³/mol. The van der Waals surface area contributed by atoms with Crippen LogP contribution < -0.4 is 5.32 Å². The smallest absolute Gasteiger partial charge is 0.147 e. The van der Waals surface area contributed by atoms with Gasteiger partial charge < -0.3 is 5.32 Å². The third-order valence-corrected chi connectivity index (χ3v) is 2.74. The number of likely N-dealkylation sites (N-methyl/N-ethyl adjacent to an activating group) is 1. The highest BCUT2D eigenvalue weighted by molar-refractivity contribution is 7.99. The molecule has 0 heterocycles. The zero-order valence-corrected chi connectivity index (χ0v) is 8.33. The molecule has 0 aromatic carbocycles. The average molecular weight is 175 g/mol. The van der Waals surface area contributed by atoms with Crippen molar-refractivity contribution in [3.63, 3.8) is 0 Å². The SMILES string of the molecule is CCCSCC(NC)C(C)=O. The molecule has 0 aliphatic heterocycles. The Labute approximate surface area is 73.1 Å². The lowest BCUT2D eigenvalue weighted by atomic mass is 10.2. The molecular formula is C8H17NOS. The molecular weight excluding hydrogens is 158 g/mol. The summed E-state index contributed by atoms with van der Waals surface area (Å²) in [6, 6.07) is 0.0477. The van der Waals surface area contributed by atoms with Crippen molar-refractivity contribution in [3.05, 3.63) is 0 Å². The first kappa shape index (κ1) is 11.0. The topological polar surface area (TPSA) is 29.1 Å². The second-order valence-corrected chi connectivity index (χ2v) is 3.68. The third kappa shape index (κ3) is 5.27. The van der Waals surface area contributed by atoms with Crippen LogP contribution in [0.1, 0.15) is 20.3 Å². The zero-order valence-electron chi connectivity index (χ0n) is 7.52. The quantitative estimate of drug-likeness (QED) is 0.617. The maximum atomic E-state index is 10.9. The standard InChI is InChI=1S/C8H17NOS/c1-4-5-11-6-8(9-3)7(2)10/h8-9H,4-6H2,1-3H3. The molecule has 0 saturated heterocycles. The van der Waals surface area contributed by atoms with Gasteiger partial charge >= 0.3 is 0 Å². The number of carbonyl (C=O) groups is 1. The second kappa shape index (κ2) is 6.68. The molecule has 0 aromatic rings. The Morgan fingerprint density at radius 3 is 2.64 bits per heavy atom. The normalized spacial score (nSPS) is 13.0. The lowest BCUT2D eigenvalue weighted by molar-refractivity contribution is -0.118. The van der Waals surface area contributed by atoms with E-state index in [1.54, 1.807) is 6.92 Å². The maximum absolute atomic E-state index is 10.9. The van der Waals surface area contributed by atoms with Crippen LogP contribution in [0, 0.1) is 0 Å². The van der Waals surface area contributed by atoms with Gasteiger partial charge in [0.1, 0.15) is 5.78 Å². The molecule has 1 unspecified atom stereocenters. The van der Waals surface area contributed by atoms with Crippen LogP contribution in [0.4, 0.5) is 0 Å². The highest BCUT2D eigenvalue weighted by atomic mass is 32.2. The highest BCUT2D eigenvalue weighted by Crippen LogP contribution is 2.04. The minimum atomic E-state index is 0.0477. The van der Waals surface area contributed by atoms with E-state index in [-0.39, 0.29) is 11.8 Å². The van der Waals surface area contributed by atoms with Gasteiger partial charge in [0.2, 0.25) is 0 Å². The van der Waals surface area contributed by atoms with Gasteiger partial charge in [0.15, 0.2) is 0 Å². The molecule has 0 saturated carbocycles. The summed E-state index contributed by atoms with van der Waals surface area (Å²) < 4.78 is 0. The van der Waals surface area contributed by atoms with Crippen LogP contribution in [0.2, 0.25) is 0 Å². The van der Waals surface area contributed by atoms with Gasteiger partial charge in [-0.25, -0.2) is 0 Å². The first-order valence-corrected chi connectivity index (χ1v) is 5.13. The molecule has 0 rings (SSSR count). The molecule has 0 fully saturated rings. The molecule has 0 aromatic heterocycles. The summed E-state index contributed by atoms with van der Waals surface area (Å²) in [6.45, 7) is 3.78. The summed E-state index contributed by atoms with van der Waals surface area (Å²) in [4.78, 5) is 10.9. The number of ketones is 1. The lowest BCUT2D eigenvalue weighted by Crippen LogP contribution is -2.34. The van der Waals surface area contributed by atoms with E-state index in [4.69, 9.17) is 0 Å². The largest absolute Gasteiger partial charge is 0.310 e. The van der Waals surface area contributed by atoms with Crippen LogP contribution in [0.15, 0.2) is 0 Å². The van der Waals surface area contributed by atoms with Gasteiger partial charge in [-0.1, -0.05) is 6.92 Å². The van der Waals surface area contributed by atoms with Gasteiger partial charge in [-0.2, -0.15) is 11.8 Å². The molecule has 0 spiro atoms. The fourth-order valence-electron chi connectivity index (χ4n) is 0.749. The molecule has 0 bridgehead atoms. The Hall–Kier alpha value is -0.0200. The van der Waals surface area contributed by atoms with Crippen molar-refractivity contribution in [1.29, 1.82) is 0 Å². The Morgan fingerprint density at radius 2 is 2.27 bits per heavy atom. The van der Waals surface area contributed by atoms with Crippen LogP contribution >= 0.6 is 11.8 Å². The number of nitrogens with one attached hydrogen (secondary N) is 1. The van der Waals surface area contributed by atoms with Gasteiger partial charge in [0.25, 0.3) is 0 Å². The van der Waals surface area contributed by atoms with Crippen molar-refractivity contribution in [2.75, 3.05) is 18.6 Å². The van der Waals surface area contributed by atoms with Crippen LogP contribution in [-0.4, -0.2) is 30.4 Å². The molecule has 0 radical (unpaired) electrons. The molecule has 66 valence electrons. The summed E-state index contributed by atoms with van der Waals surface area (Å²) in [5.41, 5.74) is 0. The zero-order chi connectivity index (χ0) is 8.69. The van der Waals surface area contributed by atoms with Crippen molar-refractivity contribution in [1.82, 2.24) is 5.32 Å². The molecule has 1 atom stereocenters. The van der Waals surface area contributed by atoms with E-state index in [0.717, 1.165) is 11.5 Å². The van der Waals surface area contributed by atoms with E-state index in [1.165, 1.54) is 6.42 Å². The Kier molecular flexibility index (Phi) is 6.66. The van der Waals surface area contributed by atoms with Gasteiger partial charge in [-0.15, -0.1) is 0 Å². The lowest BCUT2D eigenvalue weighted by Gasteiger charge is -2.10. The average Bonchev–Trinajstić information content (AvgIpc) is 1.97. The van der Waals surface area contributed by atoms with Crippen LogP contribution in [0.25, 0.3) is 0 Å². The van der Waals surface area contributed by atoms with E-state index in [0.29, 0.717) is 0 Å². The van der Waals surface area contributed by atoms with E-state index >= 15 is 0 Å². The number of thioether (sulfide) groups is 1. The first-order chi connectivity index (χ1) is 5.22. The highest BCUT2D eigenvalue weighted by Gasteiger charge is 2.09. The van der Waals surface area contributed by atoms with E-state index in [2.05, 4.69) is 12.2 Å². The number of carbonyl (C=O) groups excluding carboxylic acids is 1. The third-order valence-electron chi connectivity index (χ3n) is 1.47. The molecule has 0 aliphatic rings. The van der Waals surface area contributed by atoms with Crippen LogP contribution in [-0.2, 0) is 4.79 Å². The van der Waals surface area contributed by atoms with Crippen molar-refractivity contribution in [2.24, 2.45) is 0 Å². The van der Waals surface area contributed by atoms with Gasteiger partial charge in [0, 0.05) is 5.75 Å². The molecule has 0 amide bonds.